The van der Waals surface area contributed by atoms with Crippen molar-refractivity contribution >= 4 is 16.7 Å². The van der Waals surface area contributed by atoms with Crippen LogP contribution in [0.4, 0.5) is 5.82 Å². The highest BCUT2D eigenvalue weighted by Gasteiger charge is 2.12. The van der Waals surface area contributed by atoms with Crippen molar-refractivity contribution in [1.82, 2.24) is 9.97 Å². The predicted octanol–water partition coefficient (Wildman–Crippen LogP) is 2.81. The SMILES string of the molecule is [O-]c1ccccc1-c1nc([NH2+]CCc2ccccc2)c2ccccc2n1. The van der Waals surface area contributed by atoms with Crippen LogP contribution >= 0.6 is 0 Å². The molecule has 26 heavy (non-hydrogen) atoms. The Morgan fingerprint density at radius 3 is 2.35 bits per heavy atom. The molecule has 0 saturated carbocycles. The highest BCUT2D eigenvalue weighted by atomic mass is 16.3. The van der Waals surface area contributed by atoms with Crippen LogP contribution in [0.3, 0.4) is 0 Å². The van der Waals surface area contributed by atoms with Crippen LogP contribution < -0.4 is 10.4 Å². The van der Waals surface area contributed by atoms with Gasteiger partial charge in [0.05, 0.1) is 17.4 Å². The molecule has 0 aliphatic heterocycles. The molecular formula is C22H19N3O. The summed E-state index contributed by atoms with van der Waals surface area (Å²) in [6, 6.07) is 25.2. The number of benzene rings is 3. The Morgan fingerprint density at radius 2 is 1.50 bits per heavy atom. The number of para-hydroxylation sites is 2. The summed E-state index contributed by atoms with van der Waals surface area (Å²) < 4.78 is 0. The number of quaternary nitrogens is 1. The minimum absolute atomic E-state index is 0.0574. The maximum Gasteiger partial charge on any atom is 0.235 e. The topological polar surface area (TPSA) is 65.5 Å². The number of nitrogens with zero attached hydrogens (tertiary/aromatic N) is 2. The maximum atomic E-state index is 12.2. The lowest BCUT2D eigenvalue weighted by Crippen LogP contribution is -2.79. The number of hydrogen-bond donors (Lipinski definition) is 1. The van der Waals surface area contributed by atoms with Gasteiger partial charge in [-0.1, -0.05) is 72.5 Å². The van der Waals surface area contributed by atoms with E-state index in [2.05, 4.69) is 34.6 Å². The van der Waals surface area contributed by atoms with E-state index in [0.29, 0.717) is 11.4 Å². The molecule has 1 heterocycles. The zero-order valence-corrected chi connectivity index (χ0v) is 14.3. The Morgan fingerprint density at radius 1 is 0.769 bits per heavy atom. The minimum atomic E-state index is -0.0574. The van der Waals surface area contributed by atoms with Gasteiger partial charge < -0.3 is 5.11 Å². The Balaban J connectivity index is 1.67. The van der Waals surface area contributed by atoms with Gasteiger partial charge in [-0.2, -0.15) is 4.98 Å². The van der Waals surface area contributed by atoms with E-state index in [-0.39, 0.29) is 5.75 Å². The number of nitrogens with two attached hydrogens (primary N) is 1. The molecule has 1 aromatic heterocycles. The van der Waals surface area contributed by atoms with Gasteiger partial charge in [0, 0.05) is 12.0 Å². The molecule has 4 aromatic rings. The Hall–Kier alpha value is -3.24. The van der Waals surface area contributed by atoms with Crippen LogP contribution in [0.1, 0.15) is 5.56 Å². The van der Waals surface area contributed by atoms with E-state index < -0.39 is 0 Å². The first-order valence-corrected chi connectivity index (χ1v) is 8.71. The third kappa shape index (κ3) is 3.41. The van der Waals surface area contributed by atoms with E-state index in [4.69, 9.17) is 4.98 Å². The van der Waals surface area contributed by atoms with Gasteiger partial charge in [-0.15, -0.1) is 0 Å². The molecule has 0 unspecified atom stereocenters. The van der Waals surface area contributed by atoms with Crippen LogP contribution in [0.5, 0.6) is 5.75 Å². The van der Waals surface area contributed by atoms with Crippen LogP contribution in [-0.2, 0) is 6.42 Å². The summed E-state index contributed by atoms with van der Waals surface area (Å²) in [6.45, 7) is 0.878. The number of fused-ring (bicyclic) bond motifs is 1. The first-order valence-electron chi connectivity index (χ1n) is 8.71. The molecule has 2 N–H and O–H groups in total. The zero-order chi connectivity index (χ0) is 17.8. The van der Waals surface area contributed by atoms with Crippen LogP contribution in [-0.4, -0.2) is 16.5 Å². The predicted molar refractivity (Wildman–Crippen MR) is 101 cm³/mol. The van der Waals surface area contributed by atoms with E-state index >= 15 is 0 Å². The van der Waals surface area contributed by atoms with Crippen molar-refractivity contribution in [3.05, 3.63) is 84.4 Å². The summed E-state index contributed by atoms with van der Waals surface area (Å²) in [5, 5.41) is 15.3. The summed E-state index contributed by atoms with van der Waals surface area (Å²) in [5.41, 5.74) is 2.69. The fourth-order valence-corrected chi connectivity index (χ4v) is 3.05. The quantitative estimate of drug-likeness (QED) is 0.607. The average Bonchev–Trinajstić information content (AvgIpc) is 2.69. The molecule has 0 aliphatic rings. The molecule has 0 amide bonds. The molecule has 4 rings (SSSR count). The molecule has 0 bridgehead atoms. The fraction of sp³-hybridized carbons (Fsp3) is 0.0909. The van der Waals surface area contributed by atoms with Crippen molar-refractivity contribution in [2.45, 2.75) is 6.42 Å². The number of rotatable bonds is 5. The van der Waals surface area contributed by atoms with Crippen molar-refractivity contribution in [3.8, 4) is 17.1 Å². The first-order chi connectivity index (χ1) is 12.8. The van der Waals surface area contributed by atoms with Gasteiger partial charge in [-0.05, 0) is 17.7 Å². The van der Waals surface area contributed by atoms with Crippen LogP contribution in [0, 0.1) is 0 Å². The van der Waals surface area contributed by atoms with Gasteiger partial charge in [0.2, 0.25) is 5.82 Å². The molecule has 128 valence electrons. The molecule has 0 fully saturated rings. The Bertz CT molecular complexity index is 1030. The summed E-state index contributed by atoms with van der Waals surface area (Å²) >= 11 is 0. The lowest BCUT2D eigenvalue weighted by atomic mass is 10.1. The van der Waals surface area contributed by atoms with Gasteiger partial charge in [0.1, 0.15) is 0 Å². The minimum Gasteiger partial charge on any atom is -0.872 e. The lowest BCUT2D eigenvalue weighted by Gasteiger charge is -2.13. The standard InChI is InChI=1S/C22H19N3O/c26-20-13-7-5-11-18(20)22-24-19-12-6-4-10-17(19)21(25-22)23-15-14-16-8-2-1-3-9-16/h1-13,26H,14-15H2,(H,23,24,25). The van der Waals surface area contributed by atoms with E-state index in [1.54, 1.807) is 18.2 Å². The second-order valence-corrected chi connectivity index (χ2v) is 6.17. The van der Waals surface area contributed by atoms with E-state index in [1.807, 2.05) is 36.4 Å². The molecule has 0 saturated heterocycles. The highest BCUT2D eigenvalue weighted by Crippen LogP contribution is 2.26. The summed E-state index contributed by atoms with van der Waals surface area (Å²) in [6.07, 6.45) is 0.951. The number of aromatic nitrogens is 2. The largest absolute Gasteiger partial charge is 0.872 e. The van der Waals surface area contributed by atoms with Crippen molar-refractivity contribution in [3.63, 3.8) is 0 Å². The van der Waals surface area contributed by atoms with Gasteiger partial charge >= 0.3 is 0 Å². The second kappa shape index (κ2) is 7.33. The summed E-state index contributed by atoms with van der Waals surface area (Å²) in [7, 11) is 0. The van der Waals surface area contributed by atoms with Crippen LogP contribution in [0.15, 0.2) is 78.9 Å². The Labute approximate surface area is 152 Å². The van der Waals surface area contributed by atoms with Crippen molar-refractivity contribution in [1.29, 1.82) is 0 Å². The smallest absolute Gasteiger partial charge is 0.235 e. The summed E-state index contributed by atoms with van der Waals surface area (Å²) in [4.78, 5) is 9.30. The van der Waals surface area contributed by atoms with Gasteiger partial charge in [-0.3, -0.25) is 5.32 Å². The van der Waals surface area contributed by atoms with E-state index in [0.717, 1.165) is 29.7 Å². The van der Waals surface area contributed by atoms with Gasteiger partial charge in [-0.25, -0.2) is 4.98 Å². The van der Waals surface area contributed by atoms with Crippen molar-refractivity contribution in [2.75, 3.05) is 6.54 Å². The van der Waals surface area contributed by atoms with Crippen LogP contribution in [0.25, 0.3) is 22.3 Å². The maximum absolute atomic E-state index is 12.2. The molecule has 4 heteroatoms. The van der Waals surface area contributed by atoms with Crippen molar-refractivity contribution in [2.24, 2.45) is 0 Å². The van der Waals surface area contributed by atoms with Crippen LogP contribution in [0.2, 0.25) is 0 Å². The first kappa shape index (κ1) is 16.2. The molecule has 3 aromatic carbocycles. The molecule has 0 atom stereocenters. The third-order valence-corrected chi connectivity index (χ3v) is 4.37. The number of hydrogen-bond acceptors (Lipinski definition) is 3. The molecule has 0 radical (unpaired) electrons. The zero-order valence-electron chi connectivity index (χ0n) is 14.3. The van der Waals surface area contributed by atoms with E-state index in [1.165, 1.54) is 5.56 Å². The normalized spacial score (nSPS) is 10.9. The van der Waals surface area contributed by atoms with Gasteiger partial charge in [0.15, 0.2) is 5.82 Å². The average molecular weight is 341 g/mol. The second-order valence-electron chi connectivity index (χ2n) is 6.17. The third-order valence-electron chi connectivity index (χ3n) is 4.37. The fourth-order valence-electron chi connectivity index (χ4n) is 3.05. The summed E-state index contributed by atoms with van der Waals surface area (Å²) in [5.74, 6) is 1.31. The molecule has 4 nitrogen and oxygen atoms in total. The monoisotopic (exact) mass is 341 g/mol. The van der Waals surface area contributed by atoms with Crippen molar-refractivity contribution < 1.29 is 10.4 Å². The highest BCUT2D eigenvalue weighted by molar-refractivity contribution is 5.87. The molecule has 0 spiro atoms. The molecule has 0 aliphatic carbocycles. The van der Waals surface area contributed by atoms with E-state index in [9.17, 15) is 5.11 Å². The Kier molecular flexibility index (Phi) is 4.58. The molecular weight excluding hydrogens is 322 g/mol. The van der Waals surface area contributed by atoms with Gasteiger partial charge in [0.25, 0.3) is 0 Å². The lowest BCUT2D eigenvalue weighted by molar-refractivity contribution is -0.572.